The number of nitrogens with one attached hydrogen (secondary N) is 1. The first-order chi connectivity index (χ1) is 21.7. The number of carbonyl (C=O) groups is 3. The summed E-state index contributed by atoms with van der Waals surface area (Å²) in [7, 11) is -3.62. The van der Waals surface area contributed by atoms with Crippen LogP contribution in [-0.4, -0.2) is 96.2 Å². The first-order valence-electron chi connectivity index (χ1n) is 13.6. The molecule has 0 bridgehead atoms. The lowest BCUT2D eigenvalue weighted by Crippen LogP contribution is -2.52. The number of halogens is 6. The molecule has 2 heterocycles. The molecule has 0 atom stereocenters. The Labute approximate surface area is 264 Å². The van der Waals surface area contributed by atoms with Crippen molar-refractivity contribution in [1.82, 2.24) is 9.21 Å². The number of carbonyl (C=O) groups excluding carboxylic acids is 1. The molecule has 2 aromatic carbocycles. The number of piperidine rings is 1. The van der Waals surface area contributed by atoms with Crippen molar-refractivity contribution in [2.45, 2.75) is 49.0 Å². The Hall–Kier alpha value is -4.59. The number of alkyl halides is 6. The van der Waals surface area contributed by atoms with Crippen LogP contribution in [0.3, 0.4) is 0 Å². The second kappa shape index (κ2) is 15.8. The van der Waals surface area contributed by atoms with Gasteiger partial charge in [0.05, 0.1) is 4.90 Å². The molecule has 0 spiro atoms. The lowest BCUT2D eigenvalue weighted by atomic mass is 10.0. The molecule has 2 saturated heterocycles. The maximum Gasteiger partial charge on any atom is 0.490 e. The van der Waals surface area contributed by atoms with Gasteiger partial charge in [0.1, 0.15) is 5.84 Å². The summed E-state index contributed by atoms with van der Waals surface area (Å²) in [4.78, 5) is 35.1. The molecule has 7 N–H and O–H groups in total. The number of amidine groups is 1. The third-order valence-corrected chi connectivity index (χ3v) is 8.72. The molecule has 13 nitrogen and oxygen atoms in total. The lowest BCUT2D eigenvalue weighted by molar-refractivity contribution is -0.193. The zero-order valence-corrected chi connectivity index (χ0v) is 25.3. The molecule has 2 aliphatic heterocycles. The topological polar surface area (TPSA) is 211 Å². The van der Waals surface area contributed by atoms with Crippen LogP contribution in [0.15, 0.2) is 53.4 Å². The first-order valence-corrected chi connectivity index (χ1v) is 15.1. The molecule has 0 aliphatic carbocycles. The van der Waals surface area contributed by atoms with Gasteiger partial charge < -0.3 is 26.6 Å². The summed E-state index contributed by atoms with van der Waals surface area (Å²) >= 11 is 0. The van der Waals surface area contributed by atoms with Crippen LogP contribution in [0.1, 0.15) is 31.2 Å². The van der Waals surface area contributed by atoms with Gasteiger partial charge >= 0.3 is 30.3 Å². The van der Waals surface area contributed by atoms with Gasteiger partial charge in [-0.15, -0.1) is 0 Å². The number of rotatable bonds is 5. The highest BCUT2D eigenvalue weighted by Crippen LogP contribution is 2.28. The van der Waals surface area contributed by atoms with E-state index in [1.807, 2.05) is 11.0 Å². The largest absolute Gasteiger partial charge is 0.490 e. The molecule has 0 saturated carbocycles. The van der Waals surface area contributed by atoms with Gasteiger partial charge in [0, 0.05) is 49.2 Å². The van der Waals surface area contributed by atoms with Crippen LogP contribution in [0.5, 0.6) is 0 Å². The van der Waals surface area contributed by atoms with Crippen LogP contribution < -0.4 is 16.4 Å². The third kappa shape index (κ3) is 11.0. The number of sulfonamides is 1. The van der Waals surface area contributed by atoms with E-state index in [0.29, 0.717) is 50.3 Å². The number of amides is 2. The second-order valence-electron chi connectivity index (χ2n) is 10.1. The minimum Gasteiger partial charge on any atom is -0.475 e. The van der Waals surface area contributed by atoms with Crippen molar-refractivity contribution in [1.29, 1.82) is 5.41 Å². The zero-order chi connectivity index (χ0) is 35.7. The van der Waals surface area contributed by atoms with E-state index in [-0.39, 0.29) is 22.8 Å². The van der Waals surface area contributed by atoms with Crippen LogP contribution in [-0.2, 0) is 19.6 Å². The summed E-state index contributed by atoms with van der Waals surface area (Å²) in [5, 5.41) is 21.9. The number of hydrogen-bond acceptors (Lipinski definition) is 7. The van der Waals surface area contributed by atoms with Gasteiger partial charge in [-0.1, -0.05) is 18.2 Å². The van der Waals surface area contributed by atoms with E-state index in [2.05, 4.69) is 0 Å². The van der Waals surface area contributed by atoms with Gasteiger partial charge in [0.2, 0.25) is 10.0 Å². The Balaban J connectivity index is 0.000000459. The van der Waals surface area contributed by atoms with Gasteiger partial charge in [-0.3, -0.25) is 10.3 Å². The Morgan fingerprint density at radius 3 is 1.85 bits per heavy atom. The van der Waals surface area contributed by atoms with E-state index in [1.165, 1.54) is 10.4 Å². The number of aliphatic carboxylic acids is 2. The van der Waals surface area contributed by atoms with Gasteiger partial charge in [-0.2, -0.15) is 30.6 Å². The minimum atomic E-state index is -5.08. The molecule has 2 fully saturated rings. The standard InChI is InChI=1S/C23H30N6O3S.2C2HF3O2/c24-18-6-4-8-21(16-18)33(31,32)27-13-9-19(10-14-27)28-11-1-2-12-29(23(28)30)20-7-3-5-17(15-20)22(25)26;2*3-2(4,5)1(6)7/h3-8,15-16,19H,1-2,9-14,24H2,(H3,25,26);2*(H,6,7). The van der Waals surface area contributed by atoms with E-state index < -0.39 is 34.3 Å². The molecule has 2 amide bonds. The molecule has 0 radical (unpaired) electrons. The van der Waals surface area contributed by atoms with E-state index in [1.54, 1.807) is 41.3 Å². The zero-order valence-electron chi connectivity index (χ0n) is 24.5. The number of benzene rings is 2. The number of anilines is 2. The third-order valence-electron chi connectivity index (χ3n) is 6.82. The highest BCUT2D eigenvalue weighted by atomic mass is 32.2. The van der Waals surface area contributed by atoms with E-state index in [0.717, 1.165) is 18.5 Å². The summed E-state index contributed by atoms with van der Waals surface area (Å²) in [6.45, 7) is 1.95. The molecule has 2 aromatic rings. The molecule has 20 heteroatoms. The number of urea groups is 1. The maximum absolute atomic E-state index is 13.5. The number of carboxylic acids is 2. The quantitative estimate of drug-likeness (QED) is 0.133. The Morgan fingerprint density at radius 1 is 0.851 bits per heavy atom. The fourth-order valence-electron chi connectivity index (χ4n) is 4.54. The number of hydrogen-bond donors (Lipinski definition) is 5. The fraction of sp³-hybridized carbons (Fsp3) is 0.407. The van der Waals surface area contributed by atoms with Gasteiger partial charge in [-0.05, 0) is 56.0 Å². The Morgan fingerprint density at radius 2 is 1.36 bits per heavy atom. The van der Waals surface area contributed by atoms with Gasteiger partial charge in [-0.25, -0.2) is 22.8 Å². The summed E-state index contributed by atoms with van der Waals surface area (Å²) < 4.78 is 91.0. The SMILES string of the molecule is N=C(N)c1cccc(N2CCCCN(C3CCN(S(=O)(=O)c4cccc(N)c4)CC3)C2=O)c1.O=C(O)C(F)(F)F.O=C(O)C(F)(F)F. The summed E-state index contributed by atoms with van der Waals surface area (Å²) in [6, 6.07) is 13.4. The van der Waals surface area contributed by atoms with E-state index in [4.69, 9.17) is 36.7 Å². The number of nitrogens with two attached hydrogens (primary N) is 2. The van der Waals surface area contributed by atoms with E-state index >= 15 is 0 Å². The average molecular weight is 699 g/mol. The van der Waals surface area contributed by atoms with Crippen LogP contribution in [0.25, 0.3) is 0 Å². The maximum atomic E-state index is 13.5. The van der Waals surface area contributed by atoms with Crippen LogP contribution in [0.4, 0.5) is 42.5 Å². The highest BCUT2D eigenvalue weighted by molar-refractivity contribution is 7.89. The summed E-state index contributed by atoms with van der Waals surface area (Å²) in [5.41, 5.74) is 13.1. The fourth-order valence-corrected chi connectivity index (χ4v) is 6.06. The number of carboxylic acid groups (broad SMARTS) is 2. The van der Waals surface area contributed by atoms with Crippen molar-refractivity contribution in [2.75, 3.05) is 36.8 Å². The van der Waals surface area contributed by atoms with Crippen molar-refractivity contribution in [3.8, 4) is 0 Å². The van der Waals surface area contributed by atoms with Crippen molar-refractivity contribution in [3.05, 3.63) is 54.1 Å². The smallest absolute Gasteiger partial charge is 0.475 e. The predicted molar refractivity (Wildman–Crippen MR) is 156 cm³/mol. The van der Waals surface area contributed by atoms with Gasteiger partial charge in [0.15, 0.2) is 0 Å². The molecule has 2 aliphatic rings. The molecule has 47 heavy (non-hydrogen) atoms. The average Bonchev–Trinajstić information content (AvgIpc) is 3.18. The molecular weight excluding hydrogens is 666 g/mol. The monoisotopic (exact) mass is 698 g/mol. The van der Waals surface area contributed by atoms with Gasteiger partial charge in [0.25, 0.3) is 0 Å². The molecule has 260 valence electrons. The summed E-state index contributed by atoms with van der Waals surface area (Å²) in [5.74, 6) is -5.55. The Kier molecular flexibility index (Phi) is 13.0. The minimum absolute atomic E-state index is 0.0265. The van der Waals surface area contributed by atoms with Crippen LogP contribution >= 0.6 is 0 Å². The number of nitrogens with zero attached hydrogens (tertiary/aromatic N) is 3. The van der Waals surface area contributed by atoms with Crippen LogP contribution in [0, 0.1) is 5.41 Å². The normalized spacial score (nSPS) is 16.6. The lowest BCUT2D eigenvalue weighted by Gasteiger charge is -2.39. The van der Waals surface area contributed by atoms with Crippen molar-refractivity contribution >= 4 is 45.2 Å². The first kappa shape index (κ1) is 38.6. The summed E-state index contributed by atoms with van der Waals surface area (Å²) in [6.07, 6.45) is -7.26. The van der Waals surface area contributed by atoms with Crippen LogP contribution in [0.2, 0.25) is 0 Å². The van der Waals surface area contributed by atoms with Crippen molar-refractivity contribution in [2.24, 2.45) is 5.73 Å². The second-order valence-corrected chi connectivity index (χ2v) is 12.1. The molecule has 0 aromatic heterocycles. The molecular formula is C27H32F6N6O7S. The highest BCUT2D eigenvalue weighted by Gasteiger charge is 2.39. The predicted octanol–water partition coefficient (Wildman–Crippen LogP) is 3.69. The molecule has 4 rings (SSSR count). The van der Waals surface area contributed by atoms with Crippen molar-refractivity contribution < 1.29 is 59.4 Å². The van der Waals surface area contributed by atoms with E-state index in [9.17, 15) is 39.6 Å². The Bertz CT molecular complexity index is 1520. The van der Waals surface area contributed by atoms with Crippen molar-refractivity contribution in [3.63, 3.8) is 0 Å². The number of nitrogen functional groups attached to an aromatic ring is 2. The molecule has 0 unspecified atom stereocenters.